The monoisotopic (exact) mass is 298 g/mol. The van der Waals surface area contributed by atoms with Crippen molar-refractivity contribution in [1.82, 2.24) is 10.3 Å². The third kappa shape index (κ3) is 3.61. The van der Waals surface area contributed by atoms with Gasteiger partial charge in [-0.1, -0.05) is 18.3 Å². The molecular weight excluding hydrogens is 276 g/mol. The van der Waals surface area contributed by atoms with Gasteiger partial charge in [0.25, 0.3) is 5.91 Å². The highest BCUT2D eigenvalue weighted by molar-refractivity contribution is 7.18. The highest BCUT2D eigenvalue weighted by Gasteiger charge is 2.22. The van der Waals surface area contributed by atoms with Gasteiger partial charge in [-0.05, 0) is 32.1 Å². The first-order chi connectivity index (χ1) is 9.63. The average Bonchev–Trinajstić information content (AvgIpc) is 2.74. The lowest BCUT2D eigenvalue weighted by Gasteiger charge is -2.25. The van der Waals surface area contributed by atoms with Crippen LogP contribution in [0.5, 0.6) is 0 Å². The van der Waals surface area contributed by atoms with Gasteiger partial charge in [-0.2, -0.15) is 0 Å². The SMILES string of the molecule is CCC(CCO)NC(=O)c1sc(NC2CCC2)nc1N. The Bertz CT molecular complexity index is 459. The number of amides is 1. The number of nitrogens with two attached hydrogens (primary N) is 1. The lowest BCUT2D eigenvalue weighted by molar-refractivity contribution is 0.0934. The van der Waals surface area contributed by atoms with Crippen molar-refractivity contribution in [3.05, 3.63) is 4.88 Å². The Morgan fingerprint density at radius 3 is 2.90 bits per heavy atom. The molecule has 1 unspecified atom stereocenters. The van der Waals surface area contributed by atoms with Crippen LogP contribution in [0.25, 0.3) is 0 Å². The molecule has 0 radical (unpaired) electrons. The minimum atomic E-state index is -0.207. The molecule has 112 valence electrons. The molecule has 1 aromatic heterocycles. The number of aromatic nitrogens is 1. The van der Waals surface area contributed by atoms with Crippen LogP contribution in [0.4, 0.5) is 10.9 Å². The lowest BCUT2D eigenvalue weighted by Crippen LogP contribution is -2.34. The first-order valence-corrected chi connectivity index (χ1v) is 7.90. The van der Waals surface area contributed by atoms with Crippen LogP contribution in [0.1, 0.15) is 48.7 Å². The summed E-state index contributed by atoms with van der Waals surface area (Å²) >= 11 is 1.29. The summed E-state index contributed by atoms with van der Waals surface area (Å²) in [6, 6.07) is 0.436. The van der Waals surface area contributed by atoms with E-state index in [1.165, 1.54) is 17.8 Å². The van der Waals surface area contributed by atoms with Crippen LogP contribution in [0.3, 0.4) is 0 Å². The van der Waals surface area contributed by atoms with E-state index in [1.54, 1.807) is 0 Å². The van der Waals surface area contributed by atoms with Gasteiger partial charge in [-0.25, -0.2) is 4.98 Å². The second-order valence-corrected chi connectivity index (χ2v) is 6.10. The molecule has 7 heteroatoms. The summed E-state index contributed by atoms with van der Waals surface area (Å²) in [6.45, 7) is 2.03. The number of thiazole rings is 1. The Hall–Kier alpha value is -1.34. The fourth-order valence-corrected chi connectivity index (χ4v) is 2.93. The molecule has 2 rings (SSSR count). The summed E-state index contributed by atoms with van der Waals surface area (Å²) in [6.07, 6.45) is 4.86. The van der Waals surface area contributed by atoms with Crippen LogP contribution in [0.15, 0.2) is 0 Å². The van der Waals surface area contributed by atoms with E-state index < -0.39 is 0 Å². The van der Waals surface area contributed by atoms with Crippen molar-refractivity contribution < 1.29 is 9.90 Å². The standard InChI is InChI=1S/C13H22N4O2S/c1-2-8(6-7-18)15-12(19)10-11(14)17-13(20-10)16-9-4-3-5-9/h8-9,18H,2-7,14H2,1H3,(H,15,19)(H,16,17). The topological polar surface area (TPSA) is 100 Å². The molecule has 1 heterocycles. The molecule has 0 aliphatic heterocycles. The zero-order chi connectivity index (χ0) is 14.5. The third-order valence-corrected chi connectivity index (χ3v) is 4.60. The lowest BCUT2D eigenvalue weighted by atomic mass is 9.93. The summed E-state index contributed by atoms with van der Waals surface area (Å²) in [4.78, 5) is 16.8. The normalized spacial score (nSPS) is 16.5. The number of nitrogens with one attached hydrogen (secondary N) is 2. The van der Waals surface area contributed by atoms with Crippen molar-refractivity contribution >= 4 is 28.2 Å². The van der Waals surface area contributed by atoms with E-state index in [0.29, 0.717) is 22.5 Å². The Morgan fingerprint density at radius 2 is 2.35 bits per heavy atom. The zero-order valence-corrected chi connectivity index (χ0v) is 12.5. The molecule has 5 N–H and O–H groups in total. The molecule has 0 spiro atoms. The molecule has 1 amide bonds. The smallest absolute Gasteiger partial charge is 0.265 e. The van der Waals surface area contributed by atoms with Crippen molar-refractivity contribution in [3.8, 4) is 0 Å². The Labute approximate surface area is 122 Å². The van der Waals surface area contributed by atoms with E-state index in [-0.39, 0.29) is 24.4 Å². The van der Waals surface area contributed by atoms with Gasteiger partial charge in [0.1, 0.15) is 10.7 Å². The first kappa shape index (κ1) is 15.1. The molecule has 0 bridgehead atoms. The number of nitrogen functional groups attached to an aromatic ring is 1. The van der Waals surface area contributed by atoms with Gasteiger partial charge >= 0.3 is 0 Å². The minimum absolute atomic E-state index is 0.0305. The van der Waals surface area contributed by atoms with E-state index in [9.17, 15) is 4.79 Å². The maximum absolute atomic E-state index is 12.2. The molecule has 6 nitrogen and oxygen atoms in total. The molecular formula is C13H22N4O2S. The predicted molar refractivity (Wildman–Crippen MR) is 81.0 cm³/mol. The summed E-state index contributed by atoms with van der Waals surface area (Å²) in [5, 5.41) is 15.8. The number of aliphatic hydroxyl groups is 1. The minimum Gasteiger partial charge on any atom is -0.396 e. The number of carbonyl (C=O) groups is 1. The van der Waals surface area contributed by atoms with Crippen LogP contribution < -0.4 is 16.4 Å². The van der Waals surface area contributed by atoms with Crippen molar-refractivity contribution in [3.63, 3.8) is 0 Å². The van der Waals surface area contributed by atoms with Gasteiger partial charge in [0.2, 0.25) is 0 Å². The molecule has 1 saturated carbocycles. The van der Waals surface area contributed by atoms with Crippen LogP contribution in [-0.2, 0) is 0 Å². The van der Waals surface area contributed by atoms with Crippen molar-refractivity contribution in [2.75, 3.05) is 17.7 Å². The van der Waals surface area contributed by atoms with E-state index in [0.717, 1.165) is 19.3 Å². The molecule has 1 fully saturated rings. The number of nitrogens with zero attached hydrogens (tertiary/aromatic N) is 1. The Morgan fingerprint density at radius 1 is 1.60 bits per heavy atom. The summed E-state index contributed by atoms with van der Waals surface area (Å²) in [7, 11) is 0. The van der Waals surface area contributed by atoms with Crippen LogP contribution in [-0.4, -0.2) is 34.7 Å². The fraction of sp³-hybridized carbons (Fsp3) is 0.692. The van der Waals surface area contributed by atoms with Gasteiger partial charge < -0.3 is 21.5 Å². The van der Waals surface area contributed by atoms with Gasteiger partial charge in [-0.15, -0.1) is 0 Å². The number of hydrogen-bond donors (Lipinski definition) is 4. The van der Waals surface area contributed by atoms with Crippen molar-refractivity contribution in [2.24, 2.45) is 0 Å². The van der Waals surface area contributed by atoms with Crippen molar-refractivity contribution in [1.29, 1.82) is 0 Å². The molecule has 0 saturated heterocycles. The fourth-order valence-electron chi connectivity index (χ4n) is 2.07. The number of rotatable bonds is 7. The number of hydrogen-bond acceptors (Lipinski definition) is 6. The summed E-state index contributed by atoms with van der Waals surface area (Å²) in [5.74, 6) is 0.0649. The molecule has 20 heavy (non-hydrogen) atoms. The molecule has 1 aliphatic carbocycles. The van der Waals surface area contributed by atoms with Crippen LogP contribution in [0, 0.1) is 0 Å². The molecule has 1 atom stereocenters. The summed E-state index contributed by atoms with van der Waals surface area (Å²) < 4.78 is 0. The maximum atomic E-state index is 12.2. The second-order valence-electron chi connectivity index (χ2n) is 5.10. The number of aliphatic hydroxyl groups excluding tert-OH is 1. The highest BCUT2D eigenvalue weighted by Crippen LogP contribution is 2.29. The number of carbonyl (C=O) groups excluding carboxylic acids is 1. The van der Waals surface area contributed by atoms with Crippen molar-refractivity contribution in [2.45, 2.75) is 51.1 Å². The van der Waals surface area contributed by atoms with Gasteiger partial charge in [0.15, 0.2) is 5.13 Å². The van der Waals surface area contributed by atoms with Crippen LogP contribution >= 0.6 is 11.3 Å². The van der Waals surface area contributed by atoms with Gasteiger partial charge in [0, 0.05) is 18.7 Å². The Kier molecular flexibility index (Phi) is 5.19. The van der Waals surface area contributed by atoms with E-state index in [4.69, 9.17) is 10.8 Å². The van der Waals surface area contributed by atoms with Gasteiger partial charge in [0.05, 0.1) is 0 Å². The highest BCUT2D eigenvalue weighted by atomic mass is 32.1. The quantitative estimate of drug-likeness (QED) is 0.612. The average molecular weight is 298 g/mol. The van der Waals surface area contributed by atoms with Gasteiger partial charge in [-0.3, -0.25) is 4.79 Å². The maximum Gasteiger partial charge on any atom is 0.265 e. The molecule has 0 aromatic carbocycles. The first-order valence-electron chi connectivity index (χ1n) is 7.08. The number of anilines is 2. The predicted octanol–water partition coefficient (Wildman–Crippen LogP) is 1.58. The Balaban J connectivity index is 1.97. The largest absolute Gasteiger partial charge is 0.396 e. The summed E-state index contributed by atoms with van der Waals surface area (Å²) in [5.41, 5.74) is 5.82. The molecule has 1 aromatic rings. The molecule has 1 aliphatic rings. The third-order valence-electron chi connectivity index (χ3n) is 3.60. The van der Waals surface area contributed by atoms with E-state index >= 15 is 0 Å². The van der Waals surface area contributed by atoms with E-state index in [2.05, 4.69) is 15.6 Å². The van der Waals surface area contributed by atoms with E-state index in [1.807, 2.05) is 6.92 Å². The van der Waals surface area contributed by atoms with Crippen LogP contribution in [0.2, 0.25) is 0 Å². The second kappa shape index (κ2) is 6.90. The zero-order valence-electron chi connectivity index (χ0n) is 11.7.